The second-order valence-corrected chi connectivity index (χ2v) is 1.73. The van der Waals surface area contributed by atoms with Gasteiger partial charge in [-0.15, -0.1) is 0 Å². The number of unbranched alkanes of at least 4 members (excludes halogenated alkanes) is 1. The summed E-state index contributed by atoms with van der Waals surface area (Å²) in [5.41, 5.74) is 5.06. The fraction of sp³-hybridized carbons (Fsp3) is 0.875. The van der Waals surface area contributed by atoms with E-state index in [0.29, 0.717) is 13.0 Å². The summed E-state index contributed by atoms with van der Waals surface area (Å²) in [6, 6.07) is 0. The Morgan fingerprint density at radius 2 is 1.58 bits per heavy atom. The van der Waals surface area contributed by atoms with Crippen LogP contribution >= 0.6 is 0 Å². The van der Waals surface area contributed by atoms with Gasteiger partial charge in [-0.1, -0.05) is 0 Å². The molecular weight excluding hydrogens is 158 g/mol. The number of nitrogens with two attached hydrogens (primary N) is 1. The van der Waals surface area contributed by atoms with Crippen molar-refractivity contribution in [2.24, 2.45) is 5.73 Å². The van der Waals surface area contributed by atoms with E-state index in [0.717, 1.165) is 12.7 Å². The molecule has 0 rings (SSSR count). The monoisotopic (exact) mass is 179 g/mol. The van der Waals surface area contributed by atoms with Gasteiger partial charge in [0.1, 0.15) is 6.29 Å². The molecular formula is C8H21NO3. The van der Waals surface area contributed by atoms with E-state index in [1.165, 1.54) is 0 Å². The molecule has 4 heteroatoms. The van der Waals surface area contributed by atoms with E-state index in [1.54, 1.807) is 13.8 Å². The lowest BCUT2D eigenvalue weighted by atomic mass is 10.3. The van der Waals surface area contributed by atoms with Crippen LogP contribution in [0.5, 0.6) is 0 Å². The first-order valence-electron chi connectivity index (χ1n) is 4.10. The van der Waals surface area contributed by atoms with Crippen molar-refractivity contribution in [1.82, 2.24) is 0 Å². The molecule has 0 amide bonds. The fourth-order valence-electron chi connectivity index (χ4n) is 0.201. The Labute approximate surface area is 74.4 Å². The molecule has 0 saturated heterocycles. The predicted octanol–water partition coefficient (Wildman–Crippen LogP) is -0.0786. The van der Waals surface area contributed by atoms with Crippen LogP contribution in [0.2, 0.25) is 0 Å². The standard InChI is InChI=1S/C4H9NO.2C2H6O/c5-3-1-2-4-6;2*1-2-3/h4H,1-3,5H2;2*3H,2H2,1H3. The average Bonchev–Trinajstić information content (AvgIpc) is 2.04. The summed E-state index contributed by atoms with van der Waals surface area (Å²) in [5, 5.41) is 15.1. The molecule has 0 spiro atoms. The predicted molar refractivity (Wildman–Crippen MR) is 49.9 cm³/mol. The number of aldehydes is 1. The molecule has 0 aromatic heterocycles. The van der Waals surface area contributed by atoms with E-state index < -0.39 is 0 Å². The second kappa shape index (κ2) is 31.2. The highest BCUT2D eigenvalue weighted by atomic mass is 16.3. The quantitative estimate of drug-likeness (QED) is 0.418. The van der Waals surface area contributed by atoms with Gasteiger partial charge in [-0.05, 0) is 26.8 Å². The van der Waals surface area contributed by atoms with E-state index >= 15 is 0 Å². The van der Waals surface area contributed by atoms with Crippen LogP contribution in [0.1, 0.15) is 26.7 Å². The Hall–Kier alpha value is -0.450. The summed E-state index contributed by atoms with van der Waals surface area (Å²) in [6.45, 7) is 4.48. The van der Waals surface area contributed by atoms with Crippen molar-refractivity contribution < 1.29 is 15.0 Å². The van der Waals surface area contributed by atoms with E-state index in [2.05, 4.69) is 0 Å². The van der Waals surface area contributed by atoms with Crippen molar-refractivity contribution in [3.63, 3.8) is 0 Å². The first kappa shape index (κ1) is 17.6. The summed E-state index contributed by atoms with van der Waals surface area (Å²) >= 11 is 0. The number of carbonyl (C=O) groups excluding carboxylic acids is 1. The van der Waals surface area contributed by atoms with Crippen LogP contribution in [0.4, 0.5) is 0 Å². The zero-order chi connectivity index (χ0) is 10.2. The Balaban J connectivity index is -0.000000115. The van der Waals surface area contributed by atoms with Gasteiger partial charge in [0.2, 0.25) is 0 Å². The smallest absolute Gasteiger partial charge is 0.120 e. The molecule has 0 saturated carbocycles. The summed E-state index contributed by atoms with van der Waals surface area (Å²) < 4.78 is 0. The highest BCUT2D eigenvalue weighted by Crippen LogP contribution is 1.75. The van der Waals surface area contributed by atoms with Gasteiger partial charge in [0.25, 0.3) is 0 Å². The third-order valence-electron chi connectivity index (χ3n) is 0.526. The van der Waals surface area contributed by atoms with Gasteiger partial charge in [0, 0.05) is 19.6 Å². The molecule has 0 aromatic rings. The molecule has 76 valence electrons. The molecule has 0 bridgehead atoms. The zero-order valence-electron chi connectivity index (χ0n) is 7.99. The maximum absolute atomic E-state index is 9.51. The maximum Gasteiger partial charge on any atom is 0.120 e. The van der Waals surface area contributed by atoms with Crippen LogP contribution in [0, 0.1) is 0 Å². The third kappa shape index (κ3) is 107. The SMILES string of the molecule is CCO.CCO.NCCCC=O. The minimum absolute atomic E-state index is 0.250. The average molecular weight is 179 g/mol. The molecule has 4 nitrogen and oxygen atoms in total. The normalized spacial score (nSPS) is 7.08. The van der Waals surface area contributed by atoms with Crippen molar-refractivity contribution in [1.29, 1.82) is 0 Å². The van der Waals surface area contributed by atoms with Crippen molar-refractivity contribution in [3.05, 3.63) is 0 Å². The molecule has 0 aliphatic rings. The van der Waals surface area contributed by atoms with Crippen LogP contribution in [0.25, 0.3) is 0 Å². The Kier molecular flexibility index (Phi) is 45.8. The van der Waals surface area contributed by atoms with Crippen LogP contribution in [-0.4, -0.2) is 36.3 Å². The largest absolute Gasteiger partial charge is 0.397 e. The molecule has 4 N–H and O–H groups in total. The van der Waals surface area contributed by atoms with Gasteiger partial charge in [-0.2, -0.15) is 0 Å². The summed E-state index contributed by atoms with van der Waals surface area (Å²) in [5.74, 6) is 0. The van der Waals surface area contributed by atoms with E-state index in [4.69, 9.17) is 15.9 Å². The molecule has 0 aliphatic carbocycles. The van der Waals surface area contributed by atoms with Gasteiger partial charge in [0.15, 0.2) is 0 Å². The highest BCUT2D eigenvalue weighted by molar-refractivity contribution is 5.48. The number of hydrogen-bond acceptors (Lipinski definition) is 4. The Morgan fingerprint density at radius 3 is 1.67 bits per heavy atom. The Morgan fingerprint density at radius 1 is 1.25 bits per heavy atom. The van der Waals surface area contributed by atoms with Crippen molar-refractivity contribution in [2.75, 3.05) is 19.8 Å². The third-order valence-corrected chi connectivity index (χ3v) is 0.526. The summed E-state index contributed by atoms with van der Waals surface area (Å²) in [4.78, 5) is 9.51. The van der Waals surface area contributed by atoms with E-state index in [-0.39, 0.29) is 13.2 Å². The zero-order valence-corrected chi connectivity index (χ0v) is 7.99. The number of hydrogen-bond donors (Lipinski definition) is 3. The van der Waals surface area contributed by atoms with Crippen LogP contribution in [0.15, 0.2) is 0 Å². The second-order valence-electron chi connectivity index (χ2n) is 1.73. The number of aliphatic hydroxyl groups excluding tert-OH is 2. The molecule has 0 fully saturated rings. The molecule has 0 aliphatic heterocycles. The Bertz CT molecular complexity index is 58.3. The van der Waals surface area contributed by atoms with Crippen LogP contribution in [-0.2, 0) is 4.79 Å². The minimum Gasteiger partial charge on any atom is -0.397 e. The molecule has 0 heterocycles. The maximum atomic E-state index is 9.51. The van der Waals surface area contributed by atoms with Gasteiger partial charge in [0.05, 0.1) is 0 Å². The van der Waals surface area contributed by atoms with Crippen LogP contribution in [0.3, 0.4) is 0 Å². The molecule has 0 aromatic carbocycles. The van der Waals surface area contributed by atoms with Crippen LogP contribution < -0.4 is 5.73 Å². The lowest BCUT2D eigenvalue weighted by Crippen LogP contribution is -1.97. The first-order valence-corrected chi connectivity index (χ1v) is 4.10. The lowest BCUT2D eigenvalue weighted by molar-refractivity contribution is -0.107. The van der Waals surface area contributed by atoms with E-state index in [9.17, 15) is 4.79 Å². The lowest BCUT2D eigenvalue weighted by Gasteiger charge is -1.79. The van der Waals surface area contributed by atoms with Crippen molar-refractivity contribution >= 4 is 6.29 Å². The van der Waals surface area contributed by atoms with Gasteiger partial charge in [-0.3, -0.25) is 0 Å². The highest BCUT2D eigenvalue weighted by Gasteiger charge is 1.74. The number of rotatable bonds is 3. The van der Waals surface area contributed by atoms with Gasteiger partial charge < -0.3 is 20.7 Å². The number of carbonyl (C=O) groups is 1. The number of aliphatic hydroxyl groups is 2. The van der Waals surface area contributed by atoms with Crippen molar-refractivity contribution in [3.8, 4) is 0 Å². The topological polar surface area (TPSA) is 83.6 Å². The van der Waals surface area contributed by atoms with Gasteiger partial charge >= 0.3 is 0 Å². The molecule has 0 unspecified atom stereocenters. The summed E-state index contributed by atoms with van der Waals surface area (Å²) in [6.07, 6.45) is 2.31. The van der Waals surface area contributed by atoms with Gasteiger partial charge in [-0.25, -0.2) is 0 Å². The first-order chi connectivity index (χ1) is 5.74. The van der Waals surface area contributed by atoms with E-state index in [1.807, 2.05) is 0 Å². The molecule has 0 atom stereocenters. The van der Waals surface area contributed by atoms with Crippen molar-refractivity contribution in [2.45, 2.75) is 26.7 Å². The molecule has 12 heavy (non-hydrogen) atoms. The fourth-order valence-corrected chi connectivity index (χ4v) is 0.201. The molecule has 0 radical (unpaired) electrons. The minimum atomic E-state index is 0.250. The summed E-state index contributed by atoms with van der Waals surface area (Å²) in [7, 11) is 0.